The molecule has 5 nitrogen and oxygen atoms in total. The van der Waals surface area contributed by atoms with E-state index in [1.807, 2.05) is 19.4 Å². The van der Waals surface area contributed by atoms with Gasteiger partial charge < -0.3 is 10.6 Å². The number of hydrogen-bond acceptors (Lipinski definition) is 2. The number of guanidine groups is 1. The molecule has 1 heterocycles. The van der Waals surface area contributed by atoms with E-state index in [1.54, 1.807) is 11.7 Å². The minimum atomic E-state index is 0.748. The maximum Gasteiger partial charge on any atom is 0.191 e. The molecule has 0 atom stereocenters. The molecule has 0 aromatic carbocycles. The summed E-state index contributed by atoms with van der Waals surface area (Å²) >= 11 is 0. The highest BCUT2D eigenvalue weighted by Gasteiger charge is 2.00. The fraction of sp³-hybridized carbons (Fsp3) is 0.692. The molecule has 2 N–H and O–H groups in total. The highest BCUT2D eigenvalue weighted by molar-refractivity contribution is 5.79. The average molecular weight is 251 g/mol. The summed E-state index contributed by atoms with van der Waals surface area (Å²) < 4.78 is 1.80. The topological polar surface area (TPSA) is 54.2 Å². The lowest BCUT2D eigenvalue weighted by Gasteiger charge is -2.11. The van der Waals surface area contributed by atoms with Crippen LogP contribution in [-0.2, 0) is 13.6 Å². The van der Waals surface area contributed by atoms with Crippen molar-refractivity contribution < 1.29 is 0 Å². The van der Waals surface area contributed by atoms with Crippen molar-refractivity contribution in [1.82, 2.24) is 20.4 Å². The molecule has 0 fully saturated rings. The lowest BCUT2D eigenvalue weighted by Crippen LogP contribution is -2.37. The van der Waals surface area contributed by atoms with Crippen molar-refractivity contribution in [2.75, 3.05) is 13.6 Å². The second kappa shape index (κ2) is 7.74. The molecule has 102 valence electrons. The van der Waals surface area contributed by atoms with E-state index in [-0.39, 0.29) is 0 Å². The first-order valence-corrected chi connectivity index (χ1v) is 6.54. The maximum absolute atomic E-state index is 4.19. The largest absolute Gasteiger partial charge is 0.356 e. The Hall–Kier alpha value is -1.52. The molecule has 18 heavy (non-hydrogen) atoms. The molecule has 0 saturated heterocycles. The summed E-state index contributed by atoms with van der Waals surface area (Å²) in [4.78, 5) is 4.19. The Labute approximate surface area is 110 Å². The van der Waals surface area contributed by atoms with E-state index in [4.69, 9.17) is 0 Å². The Morgan fingerprint density at radius 3 is 2.78 bits per heavy atom. The zero-order valence-corrected chi connectivity index (χ0v) is 11.9. The Kier molecular flexibility index (Phi) is 6.25. The third-order valence-electron chi connectivity index (χ3n) is 2.69. The smallest absolute Gasteiger partial charge is 0.191 e. The molecule has 5 heteroatoms. The zero-order valence-electron chi connectivity index (χ0n) is 11.9. The van der Waals surface area contributed by atoms with Gasteiger partial charge in [0.2, 0.25) is 0 Å². The van der Waals surface area contributed by atoms with Crippen LogP contribution in [-0.4, -0.2) is 29.3 Å². The Bertz CT molecular complexity index is 367. The van der Waals surface area contributed by atoms with E-state index >= 15 is 0 Å². The quantitative estimate of drug-likeness (QED) is 0.458. The van der Waals surface area contributed by atoms with Crippen LogP contribution in [0.15, 0.2) is 17.4 Å². The monoisotopic (exact) mass is 251 g/mol. The molecule has 1 aromatic rings. The standard InChI is InChI=1S/C13H25N5/c1-11(2)6-5-7-15-13(14-3)16-8-12-9-17-18(4)10-12/h9-11H,5-8H2,1-4H3,(H2,14,15,16). The number of nitrogens with one attached hydrogen (secondary N) is 2. The predicted molar refractivity (Wildman–Crippen MR) is 75.5 cm³/mol. The molecule has 0 bridgehead atoms. The molecule has 0 aliphatic rings. The maximum atomic E-state index is 4.19. The van der Waals surface area contributed by atoms with Crippen molar-refractivity contribution in [3.05, 3.63) is 18.0 Å². The van der Waals surface area contributed by atoms with Crippen LogP contribution < -0.4 is 10.6 Å². The van der Waals surface area contributed by atoms with Crippen LogP contribution in [0, 0.1) is 5.92 Å². The van der Waals surface area contributed by atoms with Gasteiger partial charge >= 0.3 is 0 Å². The molecule has 0 unspecified atom stereocenters. The molecule has 0 radical (unpaired) electrons. The number of hydrogen-bond donors (Lipinski definition) is 2. The van der Waals surface area contributed by atoms with Gasteiger partial charge in [0.05, 0.1) is 6.20 Å². The second-order valence-corrected chi connectivity index (χ2v) is 4.91. The van der Waals surface area contributed by atoms with Crippen molar-refractivity contribution in [2.45, 2.75) is 33.2 Å². The lowest BCUT2D eigenvalue weighted by molar-refractivity contribution is 0.549. The van der Waals surface area contributed by atoms with Gasteiger partial charge in [-0.2, -0.15) is 5.10 Å². The lowest BCUT2D eigenvalue weighted by atomic mass is 10.1. The minimum absolute atomic E-state index is 0.748. The zero-order chi connectivity index (χ0) is 13.4. The van der Waals surface area contributed by atoms with E-state index < -0.39 is 0 Å². The van der Waals surface area contributed by atoms with Crippen LogP contribution >= 0.6 is 0 Å². The Balaban J connectivity index is 2.22. The summed E-state index contributed by atoms with van der Waals surface area (Å²) in [6, 6.07) is 0. The number of nitrogens with zero attached hydrogens (tertiary/aromatic N) is 3. The second-order valence-electron chi connectivity index (χ2n) is 4.91. The van der Waals surface area contributed by atoms with Crippen LogP contribution in [0.2, 0.25) is 0 Å². The summed E-state index contributed by atoms with van der Waals surface area (Å²) in [6.07, 6.45) is 6.27. The average Bonchev–Trinajstić information content (AvgIpc) is 2.74. The summed E-state index contributed by atoms with van der Waals surface area (Å²) in [5.41, 5.74) is 1.16. The third-order valence-corrected chi connectivity index (χ3v) is 2.69. The number of aryl methyl sites for hydroxylation is 1. The molecule has 0 aliphatic heterocycles. The summed E-state index contributed by atoms with van der Waals surface area (Å²) in [7, 11) is 3.71. The van der Waals surface area contributed by atoms with Gasteiger partial charge in [0, 0.05) is 38.9 Å². The van der Waals surface area contributed by atoms with Gasteiger partial charge in [-0.1, -0.05) is 13.8 Å². The molecule has 0 aliphatic carbocycles. The molecular formula is C13H25N5. The van der Waals surface area contributed by atoms with Gasteiger partial charge in [0.25, 0.3) is 0 Å². The number of rotatable bonds is 6. The number of aliphatic imine (C=N–C) groups is 1. The molecule has 0 amide bonds. The molecule has 1 rings (SSSR count). The number of aromatic nitrogens is 2. The minimum Gasteiger partial charge on any atom is -0.356 e. The first kappa shape index (κ1) is 14.5. The van der Waals surface area contributed by atoms with Gasteiger partial charge in [-0.05, 0) is 18.8 Å². The highest BCUT2D eigenvalue weighted by atomic mass is 15.2. The van der Waals surface area contributed by atoms with E-state index in [0.717, 1.165) is 30.5 Å². The van der Waals surface area contributed by atoms with Crippen molar-refractivity contribution in [3.63, 3.8) is 0 Å². The molecular weight excluding hydrogens is 226 g/mol. The van der Waals surface area contributed by atoms with Crippen molar-refractivity contribution in [3.8, 4) is 0 Å². The van der Waals surface area contributed by atoms with Gasteiger partial charge in [-0.3, -0.25) is 9.67 Å². The van der Waals surface area contributed by atoms with Gasteiger partial charge in [-0.15, -0.1) is 0 Å². The van der Waals surface area contributed by atoms with Crippen molar-refractivity contribution in [1.29, 1.82) is 0 Å². The van der Waals surface area contributed by atoms with Crippen LogP contribution in [0.25, 0.3) is 0 Å². The summed E-state index contributed by atoms with van der Waals surface area (Å²) in [5, 5.41) is 10.7. The van der Waals surface area contributed by atoms with Crippen molar-refractivity contribution >= 4 is 5.96 Å². The molecule has 0 saturated carbocycles. The fourth-order valence-electron chi connectivity index (χ4n) is 1.69. The summed E-state index contributed by atoms with van der Waals surface area (Å²) in [5.74, 6) is 1.61. The summed E-state index contributed by atoms with van der Waals surface area (Å²) in [6.45, 7) is 6.20. The van der Waals surface area contributed by atoms with E-state index in [0.29, 0.717) is 0 Å². The first-order valence-electron chi connectivity index (χ1n) is 6.54. The van der Waals surface area contributed by atoms with Crippen LogP contribution in [0.4, 0.5) is 0 Å². The fourth-order valence-corrected chi connectivity index (χ4v) is 1.69. The predicted octanol–water partition coefficient (Wildman–Crippen LogP) is 1.52. The molecule has 1 aromatic heterocycles. The van der Waals surface area contributed by atoms with Gasteiger partial charge in [0.15, 0.2) is 5.96 Å². The first-order chi connectivity index (χ1) is 8.61. The highest BCUT2D eigenvalue weighted by Crippen LogP contribution is 2.01. The SMILES string of the molecule is CN=C(NCCCC(C)C)NCc1cnn(C)c1. The Morgan fingerprint density at radius 2 is 2.22 bits per heavy atom. The Morgan fingerprint density at radius 1 is 1.44 bits per heavy atom. The van der Waals surface area contributed by atoms with Crippen LogP contribution in [0.3, 0.4) is 0 Å². The van der Waals surface area contributed by atoms with Crippen molar-refractivity contribution in [2.24, 2.45) is 18.0 Å². The van der Waals surface area contributed by atoms with Crippen LogP contribution in [0.1, 0.15) is 32.3 Å². The van der Waals surface area contributed by atoms with E-state index in [9.17, 15) is 0 Å². The van der Waals surface area contributed by atoms with Crippen LogP contribution in [0.5, 0.6) is 0 Å². The molecule has 0 spiro atoms. The normalized spacial score (nSPS) is 11.9. The van der Waals surface area contributed by atoms with Gasteiger partial charge in [-0.25, -0.2) is 0 Å². The van der Waals surface area contributed by atoms with Gasteiger partial charge in [0.1, 0.15) is 0 Å². The third kappa shape index (κ3) is 5.70. The van der Waals surface area contributed by atoms with E-state index in [2.05, 4.69) is 34.6 Å². The van der Waals surface area contributed by atoms with E-state index in [1.165, 1.54) is 12.8 Å².